The number of aromatic nitrogens is 1. The van der Waals surface area contributed by atoms with Gasteiger partial charge in [-0.2, -0.15) is 0 Å². The van der Waals surface area contributed by atoms with Crippen LogP contribution < -0.4 is 5.73 Å². The zero-order valence-electron chi connectivity index (χ0n) is 8.98. The Hall–Kier alpha value is -1.49. The molecule has 3 N–H and O–H groups in total. The van der Waals surface area contributed by atoms with Crippen LogP contribution in [0.3, 0.4) is 0 Å². The molecule has 0 radical (unpaired) electrons. The lowest BCUT2D eigenvalue weighted by Crippen LogP contribution is -2.45. The first-order chi connectivity index (χ1) is 7.72. The van der Waals surface area contributed by atoms with Crippen LogP contribution in [-0.4, -0.2) is 41.1 Å². The van der Waals surface area contributed by atoms with Crippen molar-refractivity contribution < 1.29 is 9.53 Å². The highest BCUT2D eigenvalue weighted by atomic mass is 16.5. The van der Waals surface area contributed by atoms with E-state index in [-0.39, 0.29) is 18.1 Å². The van der Waals surface area contributed by atoms with Crippen LogP contribution in [0.15, 0.2) is 12.3 Å². The van der Waals surface area contributed by atoms with E-state index in [1.165, 1.54) is 0 Å². The topological polar surface area (TPSA) is 71.4 Å². The Bertz CT molecular complexity index is 403. The van der Waals surface area contributed by atoms with E-state index < -0.39 is 0 Å². The number of likely N-dealkylation sites (tertiary alicyclic amines) is 1. The lowest BCUT2D eigenvalue weighted by Gasteiger charge is -2.31. The summed E-state index contributed by atoms with van der Waals surface area (Å²) >= 11 is 0. The van der Waals surface area contributed by atoms with Gasteiger partial charge in [-0.3, -0.25) is 4.79 Å². The van der Waals surface area contributed by atoms with Gasteiger partial charge >= 0.3 is 0 Å². The number of morpholine rings is 1. The summed E-state index contributed by atoms with van der Waals surface area (Å²) in [6.45, 7) is 1.41. The first kappa shape index (κ1) is 9.72. The molecule has 1 aromatic heterocycles. The molecule has 2 fully saturated rings. The van der Waals surface area contributed by atoms with E-state index >= 15 is 0 Å². The average Bonchev–Trinajstić information content (AvgIpc) is 2.84. The SMILES string of the molecule is Nc1c[nH]c(C(=O)N2CC3CCC(C2)O3)c1. The summed E-state index contributed by atoms with van der Waals surface area (Å²) in [5, 5.41) is 0. The molecule has 0 spiro atoms. The van der Waals surface area contributed by atoms with Crippen molar-refractivity contribution in [3.05, 3.63) is 18.0 Å². The van der Waals surface area contributed by atoms with Gasteiger partial charge in [-0.05, 0) is 18.9 Å². The maximum Gasteiger partial charge on any atom is 0.270 e. The lowest BCUT2D eigenvalue weighted by molar-refractivity contribution is -0.0305. The van der Waals surface area contributed by atoms with Gasteiger partial charge in [-0.15, -0.1) is 0 Å². The number of carbonyl (C=O) groups excluding carboxylic acids is 1. The van der Waals surface area contributed by atoms with Crippen LogP contribution in [0.4, 0.5) is 5.69 Å². The first-order valence-electron chi connectivity index (χ1n) is 5.61. The van der Waals surface area contributed by atoms with Crippen molar-refractivity contribution in [1.82, 2.24) is 9.88 Å². The van der Waals surface area contributed by atoms with E-state index in [2.05, 4.69) is 4.98 Å². The summed E-state index contributed by atoms with van der Waals surface area (Å²) in [4.78, 5) is 16.9. The third-order valence-corrected chi connectivity index (χ3v) is 3.27. The number of hydrogen-bond acceptors (Lipinski definition) is 3. The highest BCUT2D eigenvalue weighted by molar-refractivity contribution is 5.93. The van der Waals surface area contributed by atoms with Gasteiger partial charge in [0, 0.05) is 25.0 Å². The number of aromatic amines is 1. The maximum atomic E-state index is 12.1. The summed E-state index contributed by atoms with van der Waals surface area (Å²) in [6, 6.07) is 1.68. The largest absolute Gasteiger partial charge is 0.397 e. The number of nitrogens with zero attached hydrogens (tertiary/aromatic N) is 1. The number of fused-ring (bicyclic) bond motifs is 2. The van der Waals surface area contributed by atoms with Gasteiger partial charge in [-0.1, -0.05) is 0 Å². The molecule has 2 aliphatic heterocycles. The second-order valence-corrected chi connectivity index (χ2v) is 4.51. The number of rotatable bonds is 1. The second-order valence-electron chi connectivity index (χ2n) is 4.51. The van der Waals surface area contributed by atoms with Gasteiger partial charge in [-0.25, -0.2) is 0 Å². The molecule has 5 nitrogen and oxygen atoms in total. The Morgan fingerprint density at radius 3 is 2.69 bits per heavy atom. The molecule has 1 aromatic rings. The van der Waals surface area contributed by atoms with Crippen molar-refractivity contribution in [3.63, 3.8) is 0 Å². The molecule has 3 rings (SSSR count). The molecule has 2 unspecified atom stereocenters. The molecule has 0 saturated carbocycles. The molecule has 2 atom stereocenters. The van der Waals surface area contributed by atoms with Gasteiger partial charge in [0.1, 0.15) is 5.69 Å². The van der Waals surface area contributed by atoms with Crippen molar-refractivity contribution in [1.29, 1.82) is 0 Å². The summed E-state index contributed by atoms with van der Waals surface area (Å²) in [5.74, 6) is 0.0249. The van der Waals surface area contributed by atoms with E-state index in [0.717, 1.165) is 12.8 Å². The minimum atomic E-state index is 0.0249. The molecule has 86 valence electrons. The smallest absolute Gasteiger partial charge is 0.270 e. The Balaban J connectivity index is 1.76. The van der Waals surface area contributed by atoms with Gasteiger partial charge < -0.3 is 20.4 Å². The minimum Gasteiger partial charge on any atom is -0.397 e. The van der Waals surface area contributed by atoms with Crippen molar-refractivity contribution >= 4 is 11.6 Å². The Kier molecular flexibility index (Phi) is 2.14. The molecule has 3 heterocycles. The number of ether oxygens (including phenoxy) is 1. The number of H-pyrrole nitrogens is 1. The highest BCUT2D eigenvalue weighted by Gasteiger charge is 2.36. The fraction of sp³-hybridized carbons (Fsp3) is 0.545. The summed E-state index contributed by atoms with van der Waals surface area (Å²) < 4.78 is 5.69. The fourth-order valence-electron chi connectivity index (χ4n) is 2.49. The lowest BCUT2D eigenvalue weighted by atomic mass is 10.2. The monoisotopic (exact) mass is 221 g/mol. The van der Waals surface area contributed by atoms with Gasteiger partial charge in [0.25, 0.3) is 5.91 Å². The number of anilines is 1. The minimum absolute atomic E-state index is 0.0249. The molecule has 16 heavy (non-hydrogen) atoms. The molecule has 0 aromatic carbocycles. The van der Waals surface area contributed by atoms with E-state index in [1.807, 2.05) is 4.90 Å². The molecule has 5 heteroatoms. The zero-order valence-corrected chi connectivity index (χ0v) is 8.98. The van der Waals surface area contributed by atoms with Crippen LogP contribution in [0.1, 0.15) is 23.3 Å². The molecule has 0 aliphatic carbocycles. The van der Waals surface area contributed by atoms with E-state index in [1.54, 1.807) is 12.3 Å². The van der Waals surface area contributed by atoms with Crippen molar-refractivity contribution in [3.8, 4) is 0 Å². The number of carbonyl (C=O) groups is 1. The molecule has 2 bridgehead atoms. The predicted octanol–water partition coefficient (Wildman–Crippen LogP) is 0.600. The summed E-state index contributed by atoms with van der Waals surface area (Å²) in [6.07, 6.45) is 4.25. The van der Waals surface area contributed by atoms with Crippen LogP contribution in [0.25, 0.3) is 0 Å². The third kappa shape index (κ3) is 1.57. The molecule has 1 amide bonds. The Labute approximate surface area is 93.6 Å². The molecule has 2 saturated heterocycles. The molecular weight excluding hydrogens is 206 g/mol. The van der Waals surface area contributed by atoms with Crippen LogP contribution in [0.2, 0.25) is 0 Å². The van der Waals surface area contributed by atoms with E-state index in [4.69, 9.17) is 10.5 Å². The number of nitrogen functional groups attached to an aromatic ring is 1. The standard InChI is InChI=1S/C11H15N3O2/c12-7-3-10(13-4-7)11(15)14-5-8-1-2-9(6-14)16-8/h3-4,8-9,13H,1-2,5-6,12H2. The second kappa shape index (κ2) is 3.52. The number of nitrogens with two attached hydrogens (primary N) is 1. The number of nitrogens with one attached hydrogen (secondary N) is 1. The third-order valence-electron chi connectivity index (χ3n) is 3.27. The van der Waals surface area contributed by atoms with Crippen LogP contribution in [0, 0.1) is 0 Å². The quantitative estimate of drug-likeness (QED) is 0.729. The van der Waals surface area contributed by atoms with Crippen molar-refractivity contribution in [2.45, 2.75) is 25.0 Å². The summed E-state index contributed by atoms with van der Waals surface area (Å²) in [7, 11) is 0. The number of hydrogen-bond donors (Lipinski definition) is 2. The number of amides is 1. The first-order valence-corrected chi connectivity index (χ1v) is 5.61. The van der Waals surface area contributed by atoms with Crippen molar-refractivity contribution in [2.24, 2.45) is 0 Å². The molecular formula is C11H15N3O2. The fourth-order valence-corrected chi connectivity index (χ4v) is 2.49. The maximum absolute atomic E-state index is 12.1. The van der Waals surface area contributed by atoms with Gasteiger partial charge in [0.05, 0.1) is 12.2 Å². The summed E-state index contributed by atoms with van der Waals surface area (Å²) in [5.41, 5.74) is 6.75. The van der Waals surface area contributed by atoms with Gasteiger partial charge in [0.15, 0.2) is 0 Å². The molecule has 2 aliphatic rings. The predicted molar refractivity (Wildman–Crippen MR) is 59.0 cm³/mol. The van der Waals surface area contributed by atoms with Crippen molar-refractivity contribution in [2.75, 3.05) is 18.8 Å². The van der Waals surface area contributed by atoms with Crippen LogP contribution >= 0.6 is 0 Å². The Morgan fingerprint density at radius 2 is 2.12 bits per heavy atom. The van der Waals surface area contributed by atoms with Gasteiger partial charge in [0.2, 0.25) is 0 Å². The van der Waals surface area contributed by atoms with Crippen LogP contribution in [0.5, 0.6) is 0 Å². The van der Waals surface area contributed by atoms with E-state index in [9.17, 15) is 4.79 Å². The zero-order chi connectivity index (χ0) is 11.1. The Morgan fingerprint density at radius 1 is 1.44 bits per heavy atom. The van der Waals surface area contributed by atoms with Crippen LogP contribution in [-0.2, 0) is 4.74 Å². The highest BCUT2D eigenvalue weighted by Crippen LogP contribution is 2.27. The normalized spacial score (nSPS) is 28.4. The van der Waals surface area contributed by atoms with E-state index in [0.29, 0.717) is 24.5 Å². The average molecular weight is 221 g/mol.